The van der Waals surface area contributed by atoms with E-state index in [-0.39, 0.29) is 0 Å². The van der Waals surface area contributed by atoms with E-state index in [1.54, 1.807) is 0 Å². The first-order chi connectivity index (χ1) is 6.83. The molecule has 0 N–H and O–H groups in total. The van der Waals surface area contributed by atoms with Crippen LogP contribution in [0.2, 0.25) is 0 Å². The van der Waals surface area contributed by atoms with Crippen LogP contribution in [0.5, 0.6) is 0 Å². The van der Waals surface area contributed by atoms with Crippen molar-refractivity contribution in [1.82, 2.24) is 0 Å². The Morgan fingerprint density at radius 2 is 1.79 bits per heavy atom. The third-order valence-electron chi connectivity index (χ3n) is 1.63. The molecule has 0 aliphatic rings. The molecule has 0 aliphatic carbocycles. The fraction of sp³-hybridized carbons (Fsp3) is 0.286. The summed E-state index contributed by atoms with van der Waals surface area (Å²) in [6.07, 6.45) is 8.20. The Labute approximate surface area is 88.0 Å². The number of rotatable bonds is 2. The minimum atomic E-state index is 1.26. The van der Waals surface area contributed by atoms with Crippen molar-refractivity contribution in [3.05, 3.63) is 53.6 Å². The molecule has 1 aromatic carbocycles. The molecule has 0 amide bonds. The summed E-state index contributed by atoms with van der Waals surface area (Å²) >= 11 is 0. The standard InChI is InChI=1S/C12H14.C2H6/c1-3-4-5-8-12-9-6-7-11(2)10-12;1-2/h3-10H,1-2H3;1-2H3/b4-3-,8-5-;. The lowest BCUT2D eigenvalue weighted by Crippen LogP contribution is -1.73. The van der Waals surface area contributed by atoms with Crippen LogP contribution in [-0.2, 0) is 0 Å². The van der Waals surface area contributed by atoms with Gasteiger partial charge < -0.3 is 0 Å². The van der Waals surface area contributed by atoms with Gasteiger partial charge in [0.1, 0.15) is 0 Å². The Bertz CT molecular complexity index is 293. The van der Waals surface area contributed by atoms with E-state index < -0.39 is 0 Å². The summed E-state index contributed by atoms with van der Waals surface area (Å²) in [4.78, 5) is 0. The van der Waals surface area contributed by atoms with Crippen LogP contribution >= 0.6 is 0 Å². The predicted molar refractivity (Wildman–Crippen MR) is 66.4 cm³/mol. The molecule has 0 radical (unpaired) electrons. The average Bonchev–Trinajstić information content (AvgIpc) is 2.21. The topological polar surface area (TPSA) is 0 Å². The van der Waals surface area contributed by atoms with Crippen molar-refractivity contribution in [2.45, 2.75) is 27.7 Å². The molecule has 14 heavy (non-hydrogen) atoms. The maximum Gasteiger partial charge on any atom is -0.0254 e. The summed E-state index contributed by atoms with van der Waals surface area (Å²) in [6, 6.07) is 8.45. The molecule has 1 rings (SSSR count). The van der Waals surface area contributed by atoms with E-state index in [1.807, 2.05) is 32.9 Å². The number of hydrogen-bond donors (Lipinski definition) is 0. The predicted octanol–water partition coefficient (Wildman–Crippen LogP) is 4.61. The lowest BCUT2D eigenvalue weighted by molar-refractivity contribution is 1.46. The fourth-order valence-electron chi connectivity index (χ4n) is 1.05. The Kier molecular flexibility index (Phi) is 7.53. The van der Waals surface area contributed by atoms with Crippen molar-refractivity contribution >= 4 is 6.08 Å². The molecular weight excluding hydrogens is 168 g/mol. The van der Waals surface area contributed by atoms with Crippen LogP contribution in [-0.4, -0.2) is 0 Å². The number of hydrogen-bond acceptors (Lipinski definition) is 0. The zero-order valence-electron chi connectivity index (χ0n) is 9.62. The molecule has 0 saturated heterocycles. The van der Waals surface area contributed by atoms with Gasteiger partial charge in [-0.25, -0.2) is 0 Å². The van der Waals surface area contributed by atoms with Crippen molar-refractivity contribution in [2.24, 2.45) is 0 Å². The molecule has 0 fully saturated rings. The van der Waals surface area contributed by atoms with Gasteiger partial charge in [0.15, 0.2) is 0 Å². The molecule has 0 aliphatic heterocycles. The van der Waals surface area contributed by atoms with Crippen LogP contribution in [0.15, 0.2) is 42.5 Å². The molecule has 0 unspecified atom stereocenters. The van der Waals surface area contributed by atoms with Crippen LogP contribution in [0.25, 0.3) is 6.08 Å². The highest BCUT2D eigenvalue weighted by molar-refractivity contribution is 5.51. The molecule has 0 spiro atoms. The number of benzene rings is 1. The number of aryl methyl sites for hydroxylation is 1. The van der Waals surface area contributed by atoms with Crippen LogP contribution in [0, 0.1) is 6.92 Å². The largest absolute Gasteiger partial charge is 0.0877 e. The van der Waals surface area contributed by atoms with Crippen LogP contribution in [0.3, 0.4) is 0 Å². The van der Waals surface area contributed by atoms with Crippen molar-refractivity contribution < 1.29 is 0 Å². The molecule has 0 atom stereocenters. The van der Waals surface area contributed by atoms with Crippen molar-refractivity contribution in [2.75, 3.05) is 0 Å². The molecule has 0 nitrogen and oxygen atoms in total. The van der Waals surface area contributed by atoms with E-state index in [0.29, 0.717) is 0 Å². The van der Waals surface area contributed by atoms with Gasteiger partial charge in [-0.05, 0) is 19.4 Å². The first kappa shape index (κ1) is 12.7. The van der Waals surface area contributed by atoms with Gasteiger partial charge in [-0.3, -0.25) is 0 Å². The van der Waals surface area contributed by atoms with E-state index >= 15 is 0 Å². The zero-order chi connectivity index (χ0) is 10.8. The Morgan fingerprint density at radius 1 is 1.07 bits per heavy atom. The monoisotopic (exact) mass is 188 g/mol. The third kappa shape index (κ3) is 5.36. The normalized spacial score (nSPS) is 10.3. The summed E-state index contributed by atoms with van der Waals surface area (Å²) in [7, 11) is 0. The van der Waals surface area contributed by atoms with E-state index in [9.17, 15) is 0 Å². The molecule has 0 heterocycles. The molecular formula is C14H20. The highest BCUT2D eigenvalue weighted by Gasteiger charge is 1.84. The molecule has 0 heteroatoms. The molecule has 0 saturated carbocycles. The Hall–Kier alpha value is -1.30. The molecule has 0 bridgehead atoms. The first-order valence-electron chi connectivity index (χ1n) is 5.19. The lowest BCUT2D eigenvalue weighted by Gasteiger charge is -1.93. The second kappa shape index (κ2) is 8.31. The Balaban J connectivity index is 0.000000791. The molecule has 76 valence electrons. The van der Waals surface area contributed by atoms with Gasteiger partial charge >= 0.3 is 0 Å². The smallest absolute Gasteiger partial charge is 0.0254 e. The van der Waals surface area contributed by atoms with Gasteiger partial charge in [0, 0.05) is 0 Å². The van der Waals surface area contributed by atoms with E-state index in [0.717, 1.165) is 0 Å². The second-order valence-corrected chi connectivity index (χ2v) is 2.80. The van der Waals surface area contributed by atoms with Gasteiger partial charge in [-0.1, -0.05) is 68.0 Å². The van der Waals surface area contributed by atoms with E-state index in [4.69, 9.17) is 0 Å². The minimum absolute atomic E-state index is 1.26. The van der Waals surface area contributed by atoms with Crippen LogP contribution in [0.4, 0.5) is 0 Å². The molecule has 0 aromatic heterocycles. The summed E-state index contributed by atoms with van der Waals surface area (Å²) in [6.45, 7) is 8.12. The van der Waals surface area contributed by atoms with Crippen molar-refractivity contribution in [3.8, 4) is 0 Å². The fourth-order valence-corrected chi connectivity index (χ4v) is 1.05. The van der Waals surface area contributed by atoms with Crippen molar-refractivity contribution in [3.63, 3.8) is 0 Å². The van der Waals surface area contributed by atoms with Gasteiger partial charge in [0.2, 0.25) is 0 Å². The summed E-state index contributed by atoms with van der Waals surface area (Å²) in [5, 5.41) is 0. The third-order valence-corrected chi connectivity index (χ3v) is 1.63. The second-order valence-electron chi connectivity index (χ2n) is 2.80. The number of allylic oxidation sites excluding steroid dienone is 3. The van der Waals surface area contributed by atoms with Gasteiger partial charge in [-0.15, -0.1) is 0 Å². The van der Waals surface area contributed by atoms with E-state index in [1.165, 1.54) is 11.1 Å². The highest BCUT2D eigenvalue weighted by atomic mass is 13.9. The molecule has 1 aromatic rings. The summed E-state index contributed by atoms with van der Waals surface area (Å²) in [5.74, 6) is 0. The lowest BCUT2D eigenvalue weighted by atomic mass is 10.1. The van der Waals surface area contributed by atoms with Gasteiger partial charge in [0.05, 0.1) is 0 Å². The Morgan fingerprint density at radius 3 is 2.36 bits per heavy atom. The van der Waals surface area contributed by atoms with Crippen LogP contribution < -0.4 is 0 Å². The SMILES string of the molecule is C/C=C\C=C/c1cccc(C)c1.CC. The highest BCUT2D eigenvalue weighted by Crippen LogP contribution is 2.05. The average molecular weight is 188 g/mol. The quantitative estimate of drug-likeness (QED) is 0.594. The maximum atomic E-state index is 2.17. The minimum Gasteiger partial charge on any atom is -0.0877 e. The maximum absolute atomic E-state index is 2.17. The van der Waals surface area contributed by atoms with Crippen molar-refractivity contribution in [1.29, 1.82) is 0 Å². The van der Waals surface area contributed by atoms with Gasteiger partial charge in [-0.2, -0.15) is 0 Å². The van der Waals surface area contributed by atoms with E-state index in [2.05, 4.69) is 43.3 Å². The zero-order valence-corrected chi connectivity index (χ0v) is 9.62. The summed E-state index contributed by atoms with van der Waals surface area (Å²) < 4.78 is 0. The van der Waals surface area contributed by atoms with Crippen LogP contribution in [0.1, 0.15) is 31.9 Å². The van der Waals surface area contributed by atoms with Gasteiger partial charge in [0.25, 0.3) is 0 Å². The summed E-state index contributed by atoms with van der Waals surface area (Å²) in [5.41, 5.74) is 2.56. The first-order valence-corrected chi connectivity index (χ1v) is 5.19.